The zero-order valence-corrected chi connectivity index (χ0v) is 20.3. The summed E-state index contributed by atoms with van der Waals surface area (Å²) in [4.78, 5) is 25.1. The van der Waals surface area contributed by atoms with E-state index in [-0.39, 0.29) is 34.8 Å². The fourth-order valence-electron chi connectivity index (χ4n) is 4.83. The van der Waals surface area contributed by atoms with Crippen LogP contribution in [0.15, 0.2) is 29.2 Å². The standard InChI is InChI=1S/C24H35NO6S/c1-23(2,3)24(11-6-5-7-12-24)31-22(27)18-14-20(16-25-15-18)32(28,29)19-10-8-9-17(13-19)21(26)30-4/h8-10,13,18,20,25H,5-7,11-12,14-16H2,1-4H3. The number of esters is 2. The minimum absolute atomic E-state index is 0.0552. The monoisotopic (exact) mass is 465 g/mol. The van der Waals surface area contributed by atoms with E-state index in [1.807, 2.05) is 0 Å². The molecule has 0 spiro atoms. The van der Waals surface area contributed by atoms with Crippen LogP contribution >= 0.6 is 0 Å². The molecular weight excluding hydrogens is 430 g/mol. The first kappa shape index (κ1) is 24.7. The molecule has 2 fully saturated rings. The van der Waals surface area contributed by atoms with Gasteiger partial charge in [-0.25, -0.2) is 13.2 Å². The molecule has 178 valence electrons. The van der Waals surface area contributed by atoms with E-state index in [1.54, 1.807) is 0 Å². The molecule has 2 aliphatic rings. The van der Waals surface area contributed by atoms with Crippen LogP contribution in [0, 0.1) is 11.3 Å². The van der Waals surface area contributed by atoms with Gasteiger partial charge in [-0.05, 0) is 50.3 Å². The smallest absolute Gasteiger partial charge is 0.337 e. The van der Waals surface area contributed by atoms with Crippen LogP contribution in [-0.2, 0) is 24.1 Å². The molecule has 2 atom stereocenters. The van der Waals surface area contributed by atoms with Gasteiger partial charge in [0.1, 0.15) is 5.60 Å². The second kappa shape index (κ2) is 9.51. The summed E-state index contributed by atoms with van der Waals surface area (Å²) in [7, 11) is -2.50. The summed E-state index contributed by atoms with van der Waals surface area (Å²) in [5, 5.41) is 2.33. The number of benzene rings is 1. The summed E-state index contributed by atoms with van der Waals surface area (Å²) >= 11 is 0. The summed E-state index contributed by atoms with van der Waals surface area (Å²) < 4.78 is 37.5. The fourth-order valence-corrected chi connectivity index (χ4v) is 6.60. The van der Waals surface area contributed by atoms with Gasteiger partial charge in [0, 0.05) is 18.5 Å². The molecule has 7 nitrogen and oxygen atoms in total. The van der Waals surface area contributed by atoms with Crippen LogP contribution in [0.25, 0.3) is 0 Å². The average molecular weight is 466 g/mol. The lowest BCUT2D eigenvalue weighted by Gasteiger charge is -2.47. The van der Waals surface area contributed by atoms with Crippen LogP contribution in [0.4, 0.5) is 0 Å². The van der Waals surface area contributed by atoms with Crippen molar-refractivity contribution < 1.29 is 27.5 Å². The van der Waals surface area contributed by atoms with Gasteiger partial charge in [-0.15, -0.1) is 0 Å². The Hall–Kier alpha value is -1.93. The SMILES string of the molecule is COC(=O)c1cccc(S(=O)(=O)C2CNCC(C(=O)OC3(C(C)(C)C)CCCCC3)C2)c1. The summed E-state index contributed by atoms with van der Waals surface area (Å²) in [6.45, 7) is 6.96. The number of methoxy groups -OCH3 is 1. The number of piperidine rings is 1. The highest BCUT2D eigenvalue weighted by Crippen LogP contribution is 2.45. The van der Waals surface area contributed by atoms with E-state index < -0.39 is 32.6 Å². The van der Waals surface area contributed by atoms with Crippen LogP contribution in [0.5, 0.6) is 0 Å². The van der Waals surface area contributed by atoms with Crippen molar-refractivity contribution in [2.75, 3.05) is 20.2 Å². The Morgan fingerprint density at radius 1 is 1.09 bits per heavy atom. The molecule has 1 saturated heterocycles. The van der Waals surface area contributed by atoms with Gasteiger partial charge in [0.2, 0.25) is 0 Å². The lowest BCUT2D eigenvalue weighted by Crippen LogP contribution is -2.52. The van der Waals surface area contributed by atoms with Crippen molar-refractivity contribution in [1.82, 2.24) is 5.32 Å². The van der Waals surface area contributed by atoms with Gasteiger partial charge < -0.3 is 14.8 Å². The molecule has 32 heavy (non-hydrogen) atoms. The van der Waals surface area contributed by atoms with E-state index in [0.29, 0.717) is 6.54 Å². The molecular formula is C24H35NO6S. The highest BCUT2D eigenvalue weighted by atomic mass is 32.2. The molecule has 0 bridgehead atoms. The van der Waals surface area contributed by atoms with Gasteiger partial charge in [0.05, 0.1) is 28.7 Å². The molecule has 1 aromatic carbocycles. The van der Waals surface area contributed by atoms with Crippen LogP contribution < -0.4 is 5.32 Å². The number of hydrogen-bond donors (Lipinski definition) is 1. The minimum atomic E-state index is -3.75. The molecule has 0 aromatic heterocycles. The predicted molar refractivity (Wildman–Crippen MR) is 121 cm³/mol. The third-order valence-electron chi connectivity index (χ3n) is 6.99. The third-order valence-corrected chi connectivity index (χ3v) is 9.14. The number of sulfone groups is 1. The molecule has 1 saturated carbocycles. The molecule has 0 radical (unpaired) electrons. The van der Waals surface area contributed by atoms with Crippen molar-refractivity contribution in [3.63, 3.8) is 0 Å². The minimum Gasteiger partial charge on any atom is -0.465 e. The molecule has 1 aromatic rings. The second-order valence-electron chi connectivity index (χ2n) is 10.0. The Morgan fingerprint density at radius 3 is 2.41 bits per heavy atom. The molecule has 1 aliphatic heterocycles. The Labute approximate surface area is 191 Å². The van der Waals surface area contributed by atoms with Gasteiger partial charge in [0.15, 0.2) is 9.84 Å². The van der Waals surface area contributed by atoms with E-state index in [0.717, 1.165) is 32.1 Å². The molecule has 3 rings (SSSR count). The van der Waals surface area contributed by atoms with Crippen molar-refractivity contribution in [2.24, 2.45) is 11.3 Å². The topological polar surface area (TPSA) is 98.8 Å². The third kappa shape index (κ3) is 5.01. The quantitative estimate of drug-likeness (QED) is 0.664. The second-order valence-corrected chi connectivity index (χ2v) is 12.2. The maximum absolute atomic E-state index is 13.3. The lowest BCUT2D eigenvalue weighted by atomic mass is 9.68. The number of nitrogens with one attached hydrogen (secondary N) is 1. The Balaban J connectivity index is 1.77. The van der Waals surface area contributed by atoms with Crippen LogP contribution in [0.2, 0.25) is 0 Å². The highest BCUT2D eigenvalue weighted by Gasteiger charge is 2.47. The summed E-state index contributed by atoms with van der Waals surface area (Å²) in [6.07, 6.45) is 5.07. The van der Waals surface area contributed by atoms with Crippen molar-refractivity contribution in [2.45, 2.75) is 75.0 Å². The van der Waals surface area contributed by atoms with Crippen molar-refractivity contribution in [3.05, 3.63) is 29.8 Å². The fraction of sp³-hybridized carbons (Fsp3) is 0.667. The Kier molecular flexibility index (Phi) is 7.34. The van der Waals surface area contributed by atoms with Crippen molar-refractivity contribution in [1.29, 1.82) is 0 Å². The van der Waals surface area contributed by atoms with Gasteiger partial charge in [0.25, 0.3) is 0 Å². The molecule has 1 aliphatic carbocycles. The number of rotatable bonds is 5. The number of ether oxygens (including phenoxy) is 2. The maximum Gasteiger partial charge on any atom is 0.337 e. The Bertz CT molecular complexity index is 943. The maximum atomic E-state index is 13.3. The van der Waals surface area contributed by atoms with Gasteiger partial charge >= 0.3 is 11.9 Å². The largest absolute Gasteiger partial charge is 0.465 e. The van der Waals surface area contributed by atoms with E-state index in [1.165, 1.54) is 31.4 Å². The van der Waals surface area contributed by atoms with Gasteiger partial charge in [-0.2, -0.15) is 0 Å². The normalized spacial score (nSPS) is 23.9. The molecule has 1 N–H and O–H groups in total. The summed E-state index contributed by atoms with van der Waals surface area (Å²) in [6, 6.07) is 5.84. The van der Waals surface area contributed by atoms with Crippen LogP contribution in [0.3, 0.4) is 0 Å². The van der Waals surface area contributed by atoms with E-state index in [2.05, 4.69) is 26.1 Å². The van der Waals surface area contributed by atoms with Crippen molar-refractivity contribution in [3.8, 4) is 0 Å². The van der Waals surface area contributed by atoms with Gasteiger partial charge in [-0.1, -0.05) is 33.3 Å². The van der Waals surface area contributed by atoms with Crippen LogP contribution in [-0.4, -0.2) is 51.4 Å². The molecule has 0 amide bonds. The predicted octanol–water partition coefficient (Wildman–Crippen LogP) is 3.52. The highest BCUT2D eigenvalue weighted by molar-refractivity contribution is 7.92. The first-order valence-corrected chi connectivity index (χ1v) is 12.9. The molecule has 2 unspecified atom stereocenters. The van der Waals surface area contributed by atoms with E-state index in [4.69, 9.17) is 9.47 Å². The zero-order chi connectivity index (χ0) is 23.6. The average Bonchev–Trinajstić information content (AvgIpc) is 2.78. The van der Waals surface area contributed by atoms with E-state index >= 15 is 0 Å². The van der Waals surface area contributed by atoms with Gasteiger partial charge in [-0.3, -0.25) is 4.79 Å². The zero-order valence-electron chi connectivity index (χ0n) is 19.5. The number of carbonyl (C=O) groups excluding carboxylic acids is 2. The first-order valence-electron chi connectivity index (χ1n) is 11.4. The number of hydrogen-bond acceptors (Lipinski definition) is 7. The van der Waals surface area contributed by atoms with Crippen molar-refractivity contribution >= 4 is 21.8 Å². The van der Waals surface area contributed by atoms with E-state index in [9.17, 15) is 18.0 Å². The number of carbonyl (C=O) groups is 2. The summed E-state index contributed by atoms with van der Waals surface area (Å²) in [5.41, 5.74) is -0.522. The first-order chi connectivity index (χ1) is 15.0. The lowest BCUT2D eigenvalue weighted by molar-refractivity contribution is -0.185. The van der Waals surface area contributed by atoms with Crippen LogP contribution in [0.1, 0.15) is 69.7 Å². The Morgan fingerprint density at radius 2 is 1.78 bits per heavy atom. The summed E-state index contributed by atoms with van der Waals surface area (Å²) in [5.74, 6) is -1.45. The molecule has 8 heteroatoms. The molecule has 1 heterocycles.